The Bertz CT molecular complexity index is 621. The van der Waals surface area contributed by atoms with Gasteiger partial charge in [-0.05, 0) is 12.1 Å². The van der Waals surface area contributed by atoms with E-state index in [2.05, 4.69) is 10.3 Å². The van der Waals surface area contributed by atoms with Gasteiger partial charge in [0.05, 0.1) is 6.54 Å². The topological polar surface area (TPSA) is 72.9 Å². The number of benzene rings is 1. The van der Waals surface area contributed by atoms with Gasteiger partial charge in [-0.25, -0.2) is 4.98 Å². The molecule has 0 atom stereocenters. The SMILES string of the molecule is Cn1ccnc1CNC(=O)c1cccc(C(N)=S)c1. The summed E-state index contributed by atoms with van der Waals surface area (Å²) in [7, 11) is 1.88. The summed E-state index contributed by atoms with van der Waals surface area (Å²) in [5, 5.41) is 2.80. The lowest BCUT2D eigenvalue weighted by atomic mass is 10.1. The molecule has 5 nitrogen and oxygen atoms in total. The monoisotopic (exact) mass is 274 g/mol. The minimum Gasteiger partial charge on any atom is -0.389 e. The number of aryl methyl sites for hydroxylation is 1. The molecular weight excluding hydrogens is 260 g/mol. The molecular formula is C13H14N4OS. The van der Waals surface area contributed by atoms with Crippen LogP contribution >= 0.6 is 12.2 Å². The molecule has 2 rings (SSSR count). The van der Waals surface area contributed by atoms with Gasteiger partial charge in [-0.3, -0.25) is 4.79 Å². The number of hydrogen-bond acceptors (Lipinski definition) is 3. The van der Waals surface area contributed by atoms with Crippen molar-refractivity contribution in [3.8, 4) is 0 Å². The van der Waals surface area contributed by atoms with Gasteiger partial charge in [0.25, 0.3) is 5.91 Å². The molecule has 0 saturated heterocycles. The number of thiocarbonyl (C=S) groups is 1. The second-order valence-electron chi connectivity index (χ2n) is 4.08. The zero-order valence-corrected chi connectivity index (χ0v) is 11.3. The van der Waals surface area contributed by atoms with Crippen LogP contribution in [0, 0.1) is 0 Å². The molecule has 1 amide bonds. The van der Waals surface area contributed by atoms with Crippen LogP contribution in [0.1, 0.15) is 21.7 Å². The zero-order chi connectivity index (χ0) is 13.8. The molecule has 0 radical (unpaired) electrons. The molecule has 0 unspecified atom stereocenters. The van der Waals surface area contributed by atoms with E-state index in [9.17, 15) is 4.79 Å². The summed E-state index contributed by atoms with van der Waals surface area (Å²) in [5.41, 5.74) is 6.75. The number of nitrogens with zero attached hydrogens (tertiary/aromatic N) is 2. The Kier molecular flexibility index (Phi) is 3.91. The molecule has 0 saturated carbocycles. The minimum atomic E-state index is -0.180. The Morgan fingerprint density at radius 2 is 2.21 bits per heavy atom. The maximum Gasteiger partial charge on any atom is 0.251 e. The van der Waals surface area contributed by atoms with E-state index in [1.54, 1.807) is 30.5 Å². The predicted molar refractivity (Wildman–Crippen MR) is 76.7 cm³/mol. The van der Waals surface area contributed by atoms with Gasteiger partial charge in [0.2, 0.25) is 0 Å². The van der Waals surface area contributed by atoms with E-state index in [0.717, 1.165) is 5.82 Å². The molecule has 0 fully saturated rings. The van der Waals surface area contributed by atoms with Crippen LogP contribution in [-0.4, -0.2) is 20.4 Å². The highest BCUT2D eigenvalue weighted by atomic mass is 32.1. The number of aromatic nitrogens is 2. The number of imidazole rings is 1. The average molecular weight is 274 g/mol. The highest BCUT2D eigenvalue weighted by molar-refractivity contribution is 7.80. The van der Waals surface area contributed by atoms with Crippen molar-refractivity contribution in [2.75, 3.05) is 0 Å². The third kappa shape index (κ3) is 3.17. The van der Waals surface area contributed by atoms with Gasteiger partial charge in [-0.2, -0.15) is 0 Å². The minimum absolute atomic E-state index is 0.180. The normalized spacial score (nSPS) is 10.2. The molecule has 0 bridgehead atoms. The summed E-state index contributed by atoms with van der Waals surface area (Å²) in [6.45, 7) is 0.375. The lowest BCUT2D eigenvalue weighted by molar-refractivity contribution is 0.0949. The molecule has 1 aromatic heterocycles. The molecule has 2 aromatic rings. The number of hydrogen-bond donors (Lipinski definition) is 2. The standard InChI is InChI=1S/C13H14N4OS/c1-17-6-5-15-11(17)8-16-13(18)10-4-2-3-9(7-10)12(14)19/h2-7H,8H2,1H3,(H2,14,19)(H,16,18). The first-order valence-electron chi connectivity index (χ1n) is 5.72. The Morgan fingerprint density at radius 3 is 2.84 bits per heavy atom. The average Bonchev–Trinajstić information content (AvgIpc) is 2.81. The van der Waals surface area contributed by atoms with E-state index < -0.39 is 0 Å². The number of rotatable bonds is 4. The van der Waals surface area contributed by atoms with Gasteiger partial charge in [-0.15, -0.1) is 0 Å². The summed E-state index contributed by atoms with van der Waals surface area (Å²) in [6.07, 6.45) is 3.52. The number of carbonyl (C=O) groups excluding carboxylic acids is 1. The maximum atomic E-state index is 12.0. The van der Waals surface area contributed by atoms with E-state index in [4.69, 9.17) is 18.0 Å². The smallest absolute Gasteiger partial charge is 0.251 e. The second kappa shape index (κ2) is 5.62. The molecule has 1 heterocycles. The largest absolute Gasteiger partial charge is 0.389 e. The molecule has 3 N–H and O–H groups in total. The number of nitrogens with one attached hydrogen (secondary N) is 1. The van der Waals surface area contributed by atoms with E-state index in [1.165, 1.54) is 0 Å². The number of carbonyl (C=O) groups is 1. The Labute approximate surface area is 116 Å². The zero-order valence-electron chi connectivity index (χ0n) is 10.5. The van der Waals surface area contributed by atoms with Crippen molar-refractivity contribution in [2.24, 2.45) is 12.8 Å². The first-order valence-corrected chi connectivity index (χ1v) is 6.13. The van der Waals surface area contributed by atoms with Crippen molar-refractivity contribution in [1.82, 2.24) is 14.9 Å². The summed E-state index contributed by atoms with van der Waals surface area (Å²) in [5.74, 6) is 0.611. The lowest BCUT2D eigenvalue weighted by Gasteiger charge is -2.06. The van der Waals surface area contributed by atoms with Crippen LogP contribution in [0.25, 0.3) is 0 Å². The highest BCUT2D eigenvalue weighted by Crippen LogP contribution is 2.05. The van der Waals surface area contributed by atoms with Crippen LogP contribution in [0.4, 0.5) is 0 Å². The third-order valence-electron chi connectivity index (χ3n) is 2.74. The van der Waals surface area contributed by atoms with Crippen LogP contribution in [0.2, 0.25) is 0 Å². The fourth-order valence-electron chi connectivity index (χ4n) is 1.64. The Balaban J connectivity index is 2.06. The molecule has 0 spiro atoms. The van der Waals surface area contributed by atoms with Crippen LogP contribution in [0.5, 0.6) is 0 Å². The van der Waals surface area contributed by atoms with Crippen LogP contribution in [0.3, 0.4) is 0 Å². The van der Waals surface area contributed by atoms with Gasteiger partial charge < -0.3 is 15.6 Å². The van der Waals surface area contributed by atoms with Gasteiger partial charge in [0.1, 0.15) is 10.8 Å². The fourth-order valence-corrected chi connectivity index (χ4v) is 1.77. The maximum absolute atomic E-state index is 12.0. The van der Waals surface area contributed by atoms with Gasteiger partial charge >= 0.3 is 0 Å². The number of amides is 1. The number of nitrogens with two attached hydrogens (primary N) is 1. The molecule has 6 heteroatoms. The van der Waals surface area contributed by atoms with Gasteiger partial charge in [0, 0.05) is 30.6 Å². The van der Waals surface area contributed by atoms with Crippen LogP contribution in [-0.2, 0) is 13.6 Å². The van der Waals surface area contributed by atoms with E-state index >= 15 is 0 Å². The van der Waals surface area contributed by atoms with Crippen molar-refractivity contribution in [1.29, 1.82) is 0 Å². The Morgan fingerprint density at radius 1 is 1.47 bits per heavy atom. The molecule has 98 valence electrons. The van der Waals surface area contributed by atoms with E-state index in [-0.39, 0.29) is 10.9 Å². The first kappa shape index (κ1) is 13.2. The van der Waals surface area contributed by atoms with Crippen molar-refractivity contribution in [2.45, 2.75) is 6.54 Å². The molecule has 0 aliphatic carbocycles. The second-order valence-corrected chi connectivity index (χ2v) is 4.52. The van der Waals surface area contributed by atoms with E-state index in [0.29, 0.717) is 17.7 Å². The van der Waals surface area contributed by atoms with E-state index in [1.807, 2.05) is 17.8 Å². The quantitative estimate of drug-likeness (QED) is 0.815. The van der Waals surface area contributed by atoms with Crippen molar-refractivity contribution in [3.63, 3.8) is 0 Å². The molecule has 0 aliphatic rings. The van der Waals surface area contributed by atoms with Crippen LogP contribution in [0.15, 0.2) is 36.7 Å². The fraction of sp³-hybridized carbons (Fsp3) is 0.154. The Hall–Kier alpha value is -2.21. The van der Waals surface area contributed by atoms with Gasteiger partial charge in [-0.1, -0.05) is 24.4 Å². The summed E-state index contributed by atoms with van der Waals surface area (Å²) in [4.78, 5) is 16.4. The molecule has 19 heavy (non-hydrogen) atoms. The summed E-state index contributed by atoms with van der Waals surface area (Å²) >= 11 is 4.89. The lowest BCUT2D eigenvalue weighted by Crippen LogP contribution is -2.24. The third-order valence-corrected chi connectivity index (χ3v) is 2.97. The molecule has 0 aliphatic heterocycles. The first-order chi connectivity index (χ1) is 9.08. The summed E-state index contributed by atoms with van der Waals surface area (Å²) in [6, 6.07) is 6.92. The van der Waals surface area contributed by atoms with Crippen molar-refractivity contribution < 1.29 is 4.79 Å². The van der Waals surface area contributed by atoms with Crippen LogP contribution < -0.4 is 11.1 Å². The predicted octanol–water partition coefficient (Wildman–Crippen LogP) is 0.984. The highest BCUT2D eigenvalue weighted by Gasteiger charge is 2.08. The summed E-state index contributed by atoms with van der Waals surface area (Å²) < 4.78 is 1.85. The molecule has 1 aromatic carbocycles. The van der Waals surface area contributed by atoms with Gasteiger partial charge in [0.15, 0.2) is 0 Å². The van der Waals surface area contributed by atoms with Crippen molar-refractivity contribution in [3.05, 3.63) is 53.6 Å². The van der Waals surface area contributed by atoms with Crippen molar-refractivity contribution >= 4 is 23.1 Å².